The monoisotopic (exact) mass is 347 g/mol. The van der Waals surface area contributed by atoms with Gasteiger partial charge in [-0.1, -0.05) is 41.9 Å². The highest BCUT2D eigenvalue weighted by Gasteiger charge is 2.62. The number of fused-ring (bicyclic) bond motifs is 5. The predicted molar refractivity (Wildman–Crippen MR) is 102 cm³/mol. The maximum absolute atomic E-state index is 13.3. The van der Waals surface area contributed by atoms with Crippen molar-refractivity contribution in [3.63, 3.8) is 0 Å². The van der Waals surface area contributed by atoms with Crippen molar-refractivity contribution in [3.8, 4) is 0 Å². The third kappa shape index (κ3) is 2.06. The second-order valence-electron chi connectivity index (χ2n) is 8.41. The lowest BCUT2D eigenvalue weighted by molar-refractivity contribution is -0.122. The summed E-state index contributed by atoms with van der Waals surface area (Å²) in [5.74, 6) is -0.0167. The van der Waals surface area contributed by atoms with Crippen LogP contribution in [-0.2, 0) is 9.59 Å². The number of amides is 2. The molecule has 1 aromatic carbocycles. The lowest BCUT2D eigenvalue weighted by atomic mass is 9.85. The molecule has 1 aromatic rings. The molecule has 134 valence electrons. The van der Waals surface area contributed by atoms with Gasteiger partial charge in [0, 0.05) is 11.8 Å². The molecule has 3 heteroatoms. The first kappa shape index (κ1) is 16.0. The molecule has 2 saturated carbocycles. The van der Waals surface area contributed by atoms with Crippen molar-refractivity contribution in [2.75, 3.05) is 4.90 Å². The zero-order chi connectivity index (χ0) is 18.0. The van der Waals surface area contributed by atoms with Crippen LogP contribution >= 0.6 is 0 Å². The maximum atomic E-state index is 13.3. The van der Waals surface area contributed by atoms with Crippen LogP contribution in [0.4, 0.5) is 5.69 Å². The van der Waals surface area contributed by atoms with Crippen LogP contribution in [0.2, 0.25) is 0 Å². The molecule has 4 unspecified atom stereocenters. The van der Waals surface area contributed by atoms with Crippen LogP contribution < -0.4 is 4.90 Å². The smallest absolute Gasteiger partial charge is 0.238 e. The Hall–Kier alpha value is -2.16. The van der Waals surface area contributed by atoms with Gasteiger partial charge in [-0.15, -0.1) is 0 Å². The number of imide groups is 1. The molecule has 1 aliphatic heterocycles. The molecule has 3 nitrogen and oxygen atoms in total. The van der Waals surface area contributed by atoms with Gasteiger partial charge in [-0.3, -0.25) is 9.59 Å². The average Bonchev–Trinajstić information content (AvgIpc) is 3.28. The highest BCUT2D eigenvalue weighted by atomic mass is 16.2. The summed E-state index contributed by atoms with van der Waals surface area (Å²) >= 11 is 0. The fourth-order valence-corrected chi connectivity index (χ4v) is 5.70. The van der Waals surface area contributed by atoms with Gasteiger partial charge in [0.05, 0.1) is 17.5 Å². The number of nitrogens with zero attached hydrogens (tertiary/aromatic N) is 1. The number of carbonyl (C=O) groups is 2. The van der Waals surface area contributed by atoms with Gasteiger partial charge in [-0.2, -0.15) is 0 Å². The molecule has 3 aliphatic carbocycles. The second-order valence-corrected chi connectivity index (χ2v) is 8.41. The lowest BCUT2D eigenvalue weighted by Gasteiger charge is -2.24. The Morgan fingerprint density at radius 2 is 1.50 bits per heavy atom. The molecule has 3 fully saturated rings. The van der Waals surface area contributed by atoms with Gasteiger partial charge in [0.1, 0.15) is 0 Å². The van der Waals surface area contributed by atoms with Gasteiger partial charge in [0.2, 0.25) is 11.8 Å². The molecule has 4 aliphatic rings. The van der Waals surface area contributed by atoms with Crippen LogP contribution in [0.15, 0.2) is 41.5 Å². The van der Waals surface area contributed by atoms with Crippen LogP contribution in [-0.4, -0.2) is 11.8 Å². The van der Waals surface area contributed by atoms with Gasteiger partial charge in [-0.05, 0) is 56.7 Å². The molecule has 2 amide bonds. The van der Waals surface area contributed by atoms with E-state index in [1.165, 1.54) is 29.7 Å². The summed E-state index contributed by atoms with van der Waals surface area (Å²) in [4.78, 5) is 28.1. The van der Waals surface area contributed by atoms with Crippen LogP contribution in [0.1, 0.15) is 43.2 Å². The molecular weight excluding hydrogens is 322 g/mol. The van der Waals surface area contributed by atoms with E-state index < -0.39 is 0 Å². The van der Waals surface area contributed by atoms with Gasteiger partial charge >= 0.3 is 0 Å². The number of carbonyl (C=O) groups excluding carboxylic acids is 2. The quantitative estimate of drug-likeness (QED) is 0.555. The second kappa shape index (κ2) is 5.67. The molecule has 0 N–H and O–H groups in total. The van der Waals surface area contributed by atoms with Gasteiger partial charge in [0.25, 0.3) is 0 Å². The minimum Gasteiger partial charge on any atom is -0.274 e. The summed E-state index contributed by atoms with van der Waals surface area (Å²) in [7, 11) is 0. The Kier molecular flexibility index (Phi) is 3.50. The van der Waals surface area contributed by atoms with E-state index in [4.69, 9.17) is 0 Å². The number of rotatable bonds is 1. The van der Waals surface area contributed by atoms with Gasteiger partial charge in [0.15, 0.2) is 0 Å². The third-order valence-corrected chi connectivity index (χ3v) is 6.89. The first-order chi connectivity index (χ1) is 12.6. The molecular formula is C23H25NO2. The van der Waals surface area contributed by atoms with Crippen molar-refractivity contribution in [1.29, 1.82) is 0 Å². The van der Waals surface area contributed by atoms with Crippen LogP contribution in [0.3, 0.4) is 0 Å². The number of hydrogen-bond donors (Lipinski definition) is 0. The Balaban J connectivity index is 1.55. The average molecular weight is 347 g/mol. The molecule has 1 heterocycles. The SMILES string of the molecule is Cc1ccc(C)c(N2C(=O)C3C4C=CC(C4=C4CCCCC4)C3C2=O)c1. The minimum absolute atomic E-state index is 0.0134. The number of benzene rings is 1. The van der Waals surface area contributed by atoms with Crippen molar-refractivity contribution >= 4 is 17.5 Å². The van der Waals surface area contributed by atoms with Crippen molar-refractivity contribution in [2.45, 2.75) is 46.0 Å². The Labute approximate surface area is 154 Å². The lowest BCUT2D eigenvalue weighted by Crippen LogP contribution is -2.34. The summed E-state index contributed by atoms with van der Waals surface area (Å²) in [5.41, 5.74) is 5.82. The van der Waals surface area contributed by atoms with E-state index in [9.17, 15) is 9.59 Å². The summed E-state index contributed by atoms with van der Waals surface area (Å²) in [6, 6.07) is 6.01. The maximum Gasteiger partial charge on any atom is 0.238 e. The van der Waals surface area contributed by atoms with E-state index in [0.29, 0.717) is 0 Å². The molecule has 4 atom stereocenters. The first-order valence-corrected chi connectivity index (χ1v) is 9.93. The minimum atomic E-state index is -0.179. The Morgan fingerprint density at radius 3 is 2.12 bits per heavy atom. The van der Waals surface area contributed by atoms with Crippen LogP contribution in [0.5, 0.6) is 0 Å². The van der Waals surface area contributed by atoms with Crippen LogP contribution in [0, 0.1) is 37.5 Å². The topological polar surface area (TPSA) is 37.4 Å². The van der Waals surface area contributed by atoms with E-state index in [1.807, 2.05) is 32.0 Å². The summed E-state index contributed by atoms with van der Waals surface area (Å²) in [6.45, 7) is 3.98. The molecule has 0 aromatic heterocycles. The number of anilines is 1. The van der Waals surface area contributed by atoms with Crippen molar-refractivity contribution < 1.29 is 9.59 Å². The van der Waals surface area contributed by atoms with Crippen molar-refractivity contribution in [2.24, 2.45) is 23.7 Å². The normalized spacial score (nSPS) is 32.8. The van der Waals surface area contributed by atoms with E-state index in [0.717, 1.165) is 29.7 Å². The predicted octanol–water partition coefficient (Wildman–Crippen LogP) is 4.49. The standard InChI is InChI=1S/C23H25NO2/c1-13-8-9-14(2)18(12-13)24-22(25)20-16-10-11-17(21(20)23(24)26)19(16)15-6-4-3-5-7-15/h8-12,16-17,20-21H,3-7H2,1-2H3. The highest BCUT2D eigenvalue weighted by Crippen LogP contribution is 2.58. The first-order valence-electron chi connectivity index (χ1n) is 9.93. The van der Waals surface area contributed by atoms with E-state index in [2.05, 4.69) is 12.2 Å². The number of hydrogen-bond acceptors (Lipinski definition) is 2. The highest BCUT2D eigenvalue weighted by molar-refractivity contribution is 6.23. The zero-order valence-corrected chi connectivity index (χ0v) is 15.5. The molecule has 1 saturated heterocycles. The van der Waals surface area contributed by atoms with E-state index in [1.54, 1.807) is 5.57 Å². The van der Waals surface area contributed by atoms with E-state index >= 15 is 0 Å². The van der Waals surface area contributed by atoms with E-state index in [-0.39, 0.29) is 35.5 Å². The van der Waals surface area contributed by atoms with Crippen molar-refractivity contribution in [3.05, 3.63) is 52.6 Å². The number of allylic oxidation sites excluding steroid dienone is 4. The van der Waals surface area contributed by atoms with Crippen LogP contribution in [0.25, 0.3) is 0 Å². The summed E-state index contributed by atoms with van der Waals surface area (Å²) in [5, 5.41) is 0. The summed E-state index contributed by atoms with van der Waals surface area (Å²) in [6.07, 6.45) is 10.6. The molecule has 0 radical (unpaired) electrons. The molecule has 2 bridgehead atoms. The third-order valence-electron chi connectivity index (χ3n) is 6.89. The van der Waals surface area contributed by atoms with Gasteiger partial charge < -0.3 is 0 Å². The number of aryl methyl sites for hydroxylation is 2. The largest absolute Gasteiger partial charge is 0.274 e. The zero-order valence-electron chi connectivity index (χ0n) is 15.5. The Bertz CT molecular complexity index is 836. The van der Waals surface area contributed by atoms with Gasteiger partial charge in [-0.25, -0.2) is 4.90 Å². The fraction of sp³-hybridized carbons (Fsp3) is 0.478. The fourth-order valence-electron chi connectivity index (χ4n) is 5.70. The summed E-state index contributed by atoms with van der Waals surface area (Å²) < 4.78 is 0. The van der Waals surface area contributed by atoms with Crippen molar-refractivity contribution in [1.82, 2.24) is 0 Å². The molecule has 0 spiro atoms. The Morgan fingerprint density at radius 1 is 0.885 bits per heavy atom. The molecule has 5 rings (SSSR count). The molecule has 26 heavy (non-hydrogen) atoms.